The molecule has 0 atom stereocenters. The van der Waals surface area contributed by atoms with E-state index in [0.29, 0.717) is 21.6 Å². The van der Waals surface area contributed by atoms with Crippen LogP contribution in [0.15, 0.2) is 33.5 Å². The highest BCUT2D eigenvalue weighted by atomic mass is 79.9. The Morgan fingerprint density at radius 3 is 2.63 bits per heavy atom. The van der Waals surface area contributed by atoms with Gasteiger partial charge in [-0.2, -0.15) is 0 Å². The van der Waals surface area contributed by atoms with Gasteiger partial charge in [-0.1, -0.05) is 26.8 Å². The van der Waals surface area contributed by atoms with Crippen molar-refractivity contribution in [3.63, 3.8) is 0 Å². The predicted octanol–water partition coefficient (Wildman–Crippen LogP) is 3.64. The van der Waals surface area contributed by atoms with Crippen molar-refractivity contribution in [3.05, 3.63) is 50.7 Å². The minimum atomic E-state index is -0.416. The SMILES string of the molecule is CC(C)(C)c1nc(-c2cccc(Br)c2F)cc(=O)[nH]1. The Labute approximate surface area is 119 Å². The van der Waals surface area contributed by atoms with E-state index in [-0.39, 0.29) is 11.0 Å². The van der Waals surface area contributed by atoms with Crippen molar-refractivity contribution < 1.29 is 4.39 Å². The lowest BCUT2D eigenvalue weighted by Crippen LogP contribution is -2.22. The first-order chi connectivity index (χ1) is 8.79. The van der Waals surface area contributed by atoms with Crippen LogP contribution in [-0.2, 0) is 5.41 Å². The molecule has 0 aliphatic rings. The molecule has 0 aliphatic carbocycles. The summed E-state index contributed by atoms with van der Waals surface area (Å²) < 4.78 is 14.4. The lowest BCUT2D eigenvalue weighted by molar-refractivity contribution is 0.543. The summed E-state index contributed by atoms with van der Waals surface area (Å²) >= 11 is 3.13. The number of nitrogens with zero attached hydrogens (tertiary/aromatic N) is 1. The van der Waals surface area contributed by atoms with Gasteiger partial charge in [-0.05, 0) is 28.1 Å². The summed E-state index contributed by atoms with van der Waals surface area (Å²) in [6.45, 7) is 5.81. The number of hydrogen-bond donors (Lipinski definition) is 1. The third kappa shape index (κ3) is 2.92. The minimum Gasteiger partial charge on any atom is -0.310 e. The van der Waals surface area contributed by atoms with E-state index < -0.39 is 5.82 Å². The van der Waals surface area contributed by atoms with Crippen LogP contribution in [0.25, 0.3) is 11.3 Å². The summed E-state index contributed by atoms with van der Waals surface area (Å²) in [7, 11) is 0. The molecule has 19 heavy (non-hydrogen) atoms. The average Bonchev–Trinajstić information content (AvgIpc) is 2.31. The molecule has 3 nitrogen and oxygen atoms in total. The van der Waals surface area contributed by atoms with Gasteiger partial charge in [-0.3, -0.25) is 4.79 Å². The Kier molecular flexibility index (Phi) is 3.58. The van der Waals surface area contributed by atoms with Crippen molar-refractivity contribution in [2.75, 3.05) is 0 Å². The largest absolute Gasteiger partial charge is 0.310 e. The summed E-state index contributed by atoms with van der Waals surface area (Å²) in [5, 5.41) is 0. The van der Waals surface area contributed by atoms with Crippen LogP contribution < -0.4 is 5.56 Å². The molecule has 0 saturated heterocycles. The maximum absolute atomic E-state index is 14.0. The first-order valence-corrected chi connectivity index (χ1v) is 6.64. The van der Waals surface area contributed by atoms with Crippen LogP contribution >= 0.6 is 15.9 Å². The monoisotopic (exact) mass is 324 g/mol. The quantitative estimate of drug-likeness (QED) is 0.870. The number of H-pyrrole nitrogens is 1. The van der Waals surface area contributed by atoms with Crippen molar-refractivity contribution >= 4 is 15.9 Å². The molecular formula is C14H14BrFN2O. The van der Waals surface area contributed by atoms with Crippen LogP contribution in [0.2, 0.25) is 0 Å². The fraction of sp³-hybridized carbons (Fsp3) is 0.286. The van der Waals surface area contributed by atoms with E-state index in [2.05, 4.69) is 25.9 Å². The van der Waals surface area contributed by atoms with E-state index in [1.807, 2.05) is 20.8 Å². The van der Waals surface area contributed by atoms with E-state index in [4.69, 9.17) is 0 Å². The molecule has 2 aromatic rings. The van der Waals surface area contributed by atoms with Crippen molar-refractivity contribution in [1.29, 1.82) is 0 Å². The fourth-order valence-corrected chi connectivity index (χ4v) is 2.02. The van der Waals surface area contributed by atoms with Gasteiger partial charge in [0, 0.05) is 17.0 Å². The van der Waals surface area contributed by atoms with Gasteiger partial charge in [-0.25, -0.2) is 9.37 Å². The zero-order valence-electron chi connectivity index (χ0n) is 10.9. The second kappa shape index (κ2) is 4.89. The molecule has 1 aromatic heterocycles. The number of hydrogen-bond acceptors (Lipinski definition) is 2. The van der Waals surface area contributed by atoms with Gasteiger partial charge in [-0.15, -0.1) is 0 Å². The summed E-state index contributed by atoms with van der Waals surface area (Å²) in [5.41, 5.74) is 0.0604. The van der Waals surface area contributed by atoms with Gasteiger partial charge < -0.3 is 4.98 Å². The Morgan fingerprint density at radius 1 is 1.32 bits per heavy atom. The number of nitrogens with one attached hydrogen (secondary N) is 1. The van der Waals surface area contributed by atoms with Gasteiger partial charge in [0.2, 0.25) is 0 Å². The summed E-state index contributed by atoms with van der Waals surface area (Å²) in [6.07, 6.45) is 0. The van der Waals surface area contributed by atoms with Crippen LogP contribution in [0.3, 0.4) is 0 Å². The van der Waals surface area contributed by atoms with Crippen molar-refractivity contribution in [1.82, 2.24) is 9.97 Å². The number of halogens is 2. The lowest BCUT2D eigenvalue weighted by Gasteiger charge is -2.17. The van der Waals surface area contributed by atoms with Gasteiger partial charge in [0.1, 0.15) is 11.6 Å². The molecule has 1 heterocycles. The van der Waals surface area contributed by atoms with Crippen LogP contribution in [0.4, 0.5) is 4.39 Å². The van der Waals surface area contributed by atoms with Crippen molar-refractivity contribution in [2.45, 2.75) is 26.2 Å². The first kappa shape index (κ1) is 13.9. The molecule has 0 spiro atoms. The number of benzene rings is 1. The molecule has 2 rings (SSSR count). The Balaban J connectivity index is 2.67. The highest BCUT2D eigenvalue weighted by Gasteiger charge is 2.19. The van der Waals surface area contributed by atoms with Crippen molar-refractivity contribution in [3.8, 4) is 11.3 Å². The maximum atomic E-state index is 14.0. The molecule has 0 bridgehead atoms. The molecule has 1 aromatic carbocycles. The second-order valence-corrected chi connectivity index (χ2v) is 6.18. The molecular weight excluding hydrogens is 311 g/mol. The molecule has 0 unspecified atom stereocenters. The maximum Gasteiger partial charge on any atom is 0.251 e. The zero-order valence-corrected chi connectivity index (χ0v) is 12.5. The van der Waals surface area contributed by atoms with Crippen LogP contribution in [-0.4, -0.2) is 9.97 Å². The van der Waals surface area contributed by atoms with E-state index >= 15 is 0 Å². The number of rotatable bonds is 1. The molecule has 0 aliphatic heterocycles. The lowest BCUT2D eigenvalue weighted by atomic mass is 9.95. The summed E-state index contributed by atoms with van der Waals surface area (Å²) in [5.74, 6) is 0.120. The molecule has 0 radical (unpaired) electrons. The van der Waals surface area contributed by atoms with E-state index in [9.17, 15) is 9.18 Å². The average molecular weight is 325 g/mol. The molecule has 0 fully saturated rings. The van der Waals surface area contributed by atoms with Crippen LogP contribution in [0, 0.1) is 5.82 Å². The normalized spacial score (nSPS) is 11.6. The van der Waals surface area contributed by atoms with E-state index in [1.165, 1.54) is 6.07 Å². The Hall–Kier alpha value is -1.49. The van der Waals surface area contributed by atoms with Crippen LogP contribution in [0.5, 0.6) is 0 Å². The summed E-state index contributed by atoms with van der Waals surface area (Å²) in [6, 6.07) is 6.23. The molecule has 5 heteroatoms. The predicted molar refractivity (Wildman–Crippen MR) is 76.7 cm³/mol. The Morgan fingerprint density at radius 2 is 2.00 bits per heavy atom. The zero-order chi connectivity index (χ0) is 14.2. The third-order valence-corrected chi connectivity index (χ3v) is 3.29. The summed E-state index contributed by atoms with van der Waals surface area (Å²) in [4.78, 5) is 18.7. The number of aromatic amines is 1. The van der Waals surface area contributed by atoms with Crippen LogP contribution in [0.1, 0.15) is 26.6 Å². The highest BCUT2D eigenvalue weighted by Crippen LogP contribution is 2.27. The molecule has 100 valence electrons. The van der Waals surface area contributed by atoms with Gasteiger partial charge in [0.15, 0.2) is 0 Å². The topological polar surface area (TPSA) is 45.8 Å². The standard InChI is InChI=1S/C14H14BrFN2O/c1-14(2,3)13-17-10(7-11(19)18-13)8-5-4-6-9(15)12(8)16/h4-7H,1-3H3,(H,17,18,19). The molecule has 0 saturated carbocycles. The van der Waals surface area contributed by atoms with Gasteiger partial charge >= 0.3 is 0 Å². The van der Waals surface area contributed by atoms with Gasteiger partial charge in [0.25, 0.3) is 5.56 Å². The van der Waals surface area contributed by atoms with E-state index in [0.717, 1.165) is 0 Å². The highest BCUT2D eigenvalue weighted by molar-refractivity contribution is 9.10. The minimum absolute atomic E-state index is 0.283. The third-order valence-electron chi connectivity index (χ3n) is 2.68. The smallest absolute Gasteiger partial charge is 0.251 e. The van der Waals surface area contributed by atoms with Crippen molar-refractivity contribution in [2.24, 2.45) is 0 Å². The number of aromatic nitrogens is 2. The second-order valence-electron chi connectivity index (χ2n) is 5.33. The first-order valence-electron chi connectivity index (χ1n) is 5.85. The van der Waals surface area contributed by atoms with Gasteiger partial charge in [0.05, 0.1) is 10.2 Å². The van der Waals surface area contributed by atoms with E-state index in [1.54, 1.807) is 18.2 Å². The fourth-order valence-electron chi connectivity index (χ4n) is 1.65. The molecule has 0 amide bonds. The Bertz CT molecular complexity index is 674. The molecule has 1 N–H and O–H groups in total.